The molecule has 5 heteroatoms. The summed E-state index contributed by atoms with van der Waals surface area (Å²) in [4.78, 5) is 9.63. The van der Waals surface area contributed by atoms with Crippen LogP contribution in [0.15, 0.2) is 18.3 Å². The standard InChI is InChI=1S/C19H32N4O/c1-16(17-9-10-19(20-15-17)21(2)24)22-11-13-23(14-12-22)18-7-5-3-4-6-8-18/h9-10,15-16,18,24H,3-8,11-14H2,1-2H3. The fraction of sp³-hybridized carbons (Fsp3) is 0.737. The minimum atomic E-state index is 0.381. The Morgan fingerprint density at radius 3 is 2.29 bits per heavy atom. The molecule has 5 nitrogen and oxygen atoms in total. The Labute approximate surface area is 146 Å². The van der Waals surface area contributed by atoms with E-state index in [1.165, 1.54) is 57.2 Å². The number of pyridine rings is 1. The average Bonchev–Trinajstić information content (AvgIpc) is 2.91. The second kappa shape index (κ2) is 8.28. The van der Waals surface area contributed by atoms with Gasteiger partial charge in [0.25, 0.3) is 0 Å². The van der Waals surface area contributed by atoms with E-state index in [9.17, 15) is 5.21 Å². The molecule has 0 bridgehead atoms. The molecule has 24 heavy (non-hydrogen) atoms. The lowest BCUT2D eigenvalue weighted by molar-refractivity contribution is 0.0680. The monoisotopic (exact) mass is 332 g/mol. The number of piperazine rings is 1. The minimum absolute atomic E-state index is 0.381. The molecule has 1 aliphatic carbocycles. The number of nitrogens with zero attached hydrogens (tertiary/aromatic N) is 4. The van der Waals surface area contributed by atoms with Gasteiger partial charge in [0.15, 0.2) is 5.82 Å². The third-order valence-corrected chi connectivity index (χ3v) is 5.82. The molecule has 1 aromatic heterocycles. The highest BCUT2D eigenvalue weighted by molar-refractivity contribution is 5.35. The van der Waals surface area contributed by atoms with Crippen LogP contribution in [0, 0.1) is 0 Å². The summed E-state index contributed by atoms with van der Waals surface area (Å²) < 4.78 is 0. The van der Waals surface area contributed by atoms with Gasteiger partial charge >= 0.3 is 0 Å². The minimum Gasteiger partial charge on any atom is -0.298 e. The van der Waals surface area contributed by atoms with Crippen molar-refractivity contribution in [1.82, 2.24) is 14.8 Å². The number of hydroxylamine groups is 1. The van der Waals surface area contributed by atoms with Crippen LogP contribution in [0.4, 0.5) is 5.82 Å². The number of hydrogen-bond acceptors (Lipinski definition) is 5. The van der Waals surface area contributed by atoms with E-state index < -0.39 is 0 Å². The Morgan fingerprint density at radius 1 is 1.08 bits per heavy atom. The predicted octanol–water partition coefficient (Wildman–Crippen LogP) is 3.31. The molecule has 1 atom stereocenters. The van der Waals surface area contributed by atoms with E-state index >= 15 is 0 Å². The third kappa shape index (κ3) is 4.26. The van der Waals surface area contributed by atoms with Crippen LogP contribution in [0.2, 0.25) is 0 Å². The molecule has 1 saturated carbocycles. The lowest BCUT2D eigenvalue weighted by atomic mass is 10.0. The fourth-order valence-corrected chi connectivity index (χ4v) is 4.16. The molecule has 1 aromatic rings. The summed E-state index contributed by atoms with van der Waals surface area (Å²) in [5, 5.41) is 10.5. The molecule has 1 aliphatic heterocycles. The van der Waals surface area contributed by atoms with Crippen LogP contribution >= 0.6 is 0 Å². The van der Waals surface area contributed by atoms with Crippen molar-refractivity contribution in [2.24, 2.45) is 0 Å². The van der Waals surface area contributed by atoms with E-state index in [-0.39, 0.29) is 0 Å². The first-order valence-electron chi connectivity index (χ1n) is 9.52. The van der Waals surface area contributed by atoms with Crippen LogP contribution in [-0.2, 0) is 0 Å². The summed E-state index contributed by atoms with van der Waals surface area (Å²) in [6, 6.07) is 5.17. The van der Waals surface area contributed by atoms with Gasteiger partial charge in [-0.15, -0.1) is 0 Å². The third-order valence-electron chi connectivity index (χ3n) is 5.82. The Bertz CT molecular complexity index is 489. The molecule has 0 radical (unpaired) electrons. The van der Waals surface area contributed by atoms with Crippen molar-refractivity contribution in [2.75, 3.05) is 38.3 Å². The van der Waals surface area contributed by atoms with Gasteiger partial charge in [-0.2, -0.15) is 0 Å². The first-order chi connectivity index (χ1) is 11.6. The van der Waals surface area contributed by atoms with E-state index in [1.54, 1.807) is 7.05 Å². The molecule has 0 amide bonds. The molecule has 1 unspecified atom stereocenters. The van der Waals surface area contributed by atoms with Gasteiger partial charge in [-0.1, -0.05) is 31.7 Å². The highest BCUT2D eigenvalue weighted by Crippen LogP contribution is 2.26. The molecule has 2 aliphatic rings. The van der Waals surface area contributed by atoms with Gasteiger partial charge < -0.3 is 0 Å². The lowest BCUT2D eigenvalue weighted by Gasteiger charge is -2.41. The zero-order chi connectivity index (χ0) is 16.9. The summed E-state index contributed by atoms with van der Waals surface area (Å²) in [6.07, 6.45) is 10.4. The van der Waals surface area contributed by atoms with Crippen LogP contribution in [0.25, 0.3) is 0 Å². The van der Waals surface area contributed by atoms with Crippen LogP contribution in [0.1, 0.15) is 57.1 Å². The molecule has 2 heterocycles. The zero-order valence-corrected chi connectivity index (χ0v) is 15.2. The summed E-state index contributed by atoms with van der Waals surface area (Å²) in [5.41, 5.74) is 1.23. The summed E-state index contributed by atoms with van der Waals surface area (Å²) in [7, 11) is 1.60. The number of hydrogen-bond donors (Lipinski definition) is 1. The molecular weight excluding hydrogens is 300 g/mol. The van der Waals surface area contributed by atoms with Crippen LogP contribution in [-0.4, -0.2) is 59.3 Å². The molecule has 1 saturated heterocycles. The molecule has 3 rings (SSSR count). The van der Waals surface area contributed by atoms with Crippen LogP contribution < -0.4 is 5.06 Å². The molecular formula is C19H32N4O. The normalized spacial score (nSPS) is 23.0. The van der Waals surface area contributed by atoms with Gasteiger partial charge in [0.1, 0.15) is 0 Å². The van der Waals surface area contributed by atoms with Crippen molar-refractivity contribution < 1.29 is 5.21 Å². The highest BCUT2D eigenvalue weighted by Gasteiger charge is 2.27. The average molecular weight is 332 g/mol. The second-order valence-electron chi connectivity index (χ2n) is 7.37. The van der Waals surface area contributed by atoms with Crippen molar-refractivity contribution in [3.63, 3.8) is 0 Å². The predicted molar refractivity (Wildman–Crippen MR) is 97.5 cm³/mol. The second-order valence-corrected chi connectivity index (χ2v) is 7.37. The first kappa shape index (κ1) is 17.6. The van der Waals surface area contributed by atoms with Crippen molar-refractivity contribution in [1.29, 1.82) is 0 Å². The van der Waals surface area contributed by atoms with E-state index in [0.717, 1.165) is 24.2 Å². The van der Waals surface area contributed by atoms with Gasteiger partial charge in [0.2, 0.25) is 0 Å². The SMILES string of the molecule is CC(c1ccc(N(C)O)nc1)N1CCN(C2CCCCCC2)CC1. The van der Waals surface area contributed by atoms with Crippen molar-refractivity contribution >= 4 is 5.82 Å². The maximum Gasteiger partial charge on any atom is 0.151 e. The Kier molecular flexibility index (Phi) is 6.09. The highest BCUT2D eigenvalue weighted by atomic mass is 16.5. The smallest absolute Gasteiger partial charge is 0.151 e. The van der Waals surface area contributed by atoms with E-state index in [0.29, 0.717) is 11.9 Å². The maximum atomic E-state index is 9.43. The number of rotatable bonds is 4. The first-order valence-corrected chi connectivity index (χ1v) is 9.52. The number of aromatic nitrogens is 1. The van der Waals surface area contributed by atoms with Gasteiger partial charge in [-0.3, -0.25) is 15.0 Å². The number of anilines is 1. The van der Waals surface area contributed by atoms with Gasteiger partial charge in [0, 0.05) is 51.5 Å². The Balaban J connectivity index is 1.53. The molecule has 1 N–H and O–H groups in total. The van der Waals surface area contributed by atoms with Gasteiger partial charge in [-0.05, 0) is 31.4 Å². The largest absolute Gasteiger partial charge is 0.298 e. The van der Waals surface area contributed by atoms with Gasteiger partial charge in [-0.25, -0.2) is 10.0 Å². The van der Waals surface area contributed by atoms with E-state index in [1.807, 2.05) is 12.3 Å². The Hall–Kier alpha value is -1.17. The van der Waals surface area contributed by atoms with Crippen molar-refractivity contribution in [3.05, 3.63) is 23.9 Å². The molecule has 134 valence electrons. The molecule has 0 spiro atoms. The van der Waals surface area contributed by atoms with E-state index in [2.05, 4.69) is 27.8 Å². The van der Waals surface area contributed by atoms with Crippen LogP contribution in [0.5, 0.6) is 0 Å². The topological polar surface area (TPSA) is 42.8 Å². The summed E-state index contributed by atoms with van der Waals surface area (Å²) >= 11 is 0. The Morgan fingerprint density at radius 2 is 1.75 bits per heavy atom. The molecule has 0 aromatic carbocycles. The van der Waals surface area contributed by atoms with Crippen molar-refractivity contribution in [3.8, 4) is 0 Å². The quantitative estimate of drug-likeness (QED) is 0.677. The van der Waals surface area contributed by atoms with Crippen LogP contribution in [0.3, 0.4) is 0 Å². The fourth-order valence-electron chi connectivity index (χ4n) is 4.16. The van der Waals surface area contributed by atoms with Gasteiger partial charge in [0.05, 0.1) is 0 Å². The summed E-state index contributed by atoms with van der Waals surface area (Å²) in [5.74, 6) is 0.587. The molecule has 2 fully saturated rings. The summed E-state index contributed by atoms with van der Waals surface area (Å²) in [6.45, 7) is 6.93. The zero-order valence-electron chi connectivity index (χ0n) is 15.2. The lowest BCUT2D eigenvalue weighted by Crippen LogP contribution is -2.50. The van der Waals surface area contributed by atoms with E-state index in [4.69, 9.17) is 0 Å². The maximum absolute atomic E-state index is 9.43. The van der Waals surface area contributed by atoms with Crippen molar-refractivity contribution in [2.45, 2.75) is 57.5 Å².